The highest BCUT2D eigenvalue weighted by molar-refractivity contribution is 7.14. The predicted molar refractivity (Wildman–Crippen MR) is 97.0 cm³/mol. The van der Waals surface area contributed by atoms with Crippen LogP contribution in [0.5, 0.6) is 0 Å². The highest BCUT2D eigenvalue weighted by atomic mass is 32.1. The minimum atomic E-state index is -0.856. The van der Waals surface area contributed by atoms with Crippen LogP contribution in [0.15, 0.2) is 6.07 Å². The van der Waals surface area contributed by atoms with Crippen LogP contribution < -0.4 is 11.1 Å². The molecule has 1 aromatic heterocycles. The van der Waals surface area contributed by atoms with Gasteiger partial charge in [0, 0.05) is 30.4 Å². The Hall–Kier alpha value is -1.48. The van der Waals surface area contributed by atoms with E-state index in [2.05, 4.69) is 5.32 Å². The second-order valence-corrected chi connectivity index (χ2v) is 8.54. The SMILES string of the molecule is N[C@@H](CO)C(=O)N1CCC2(CC1)OCCc1sc(C(=O)NC3CC3)cc12. The zero-order valence-corrected chi connectivity index (χ0v) is 15.5. The second-order valence-electron chi connectivity index (χ2n) is 7.40. The monoisotopic (exact) mass is 379 g/mol. The Bertz CT molecular complexity index is 707. The number of aliphatic hydroxyl groups excluding tert-OH is 1. The Labute approximate surface area is 156 Å². The van der Waals surface area contributed by atoms with Crippen LogP contribution in [0.4, 0.5) is 0 Å². The topological polar surface area (TPSA) is 105 Å². The van der Waals surface area contributed by atoms with Crippen LogP contribution in [-0.2, 0) is 21.6 Å². The summed E-state index contributed by atoms with van der Waals surface area (Å²) in [5, 5.41) is 12.1. The molecule has 1 saturated carbocycles. The van der Waals surface area contributed by atoms with Gasteiger partial charge in [-0.3, -0.25) is 9.59 Å². The molecule has 7 nitrogen and oxygen atoms in total. The van der Waals surface area contributed by atoms with Crippen molar-refractivity contribution in [1.82, 2.24) is 10.2 Å². The molecule has 8 heteroatoms. The van der Waals surface area contributed by atoms with Crippen molar-refractivity contribution in [3.8, 4) is 0 Å². The fraction of sp³-hybridized carbons (Fsp3) is 0.667. The molecular weight excluding hydrogens is 354 g/mol. The number of rotatable bonds is 4. The third kappa shape index (κ3) is 3.26. The molecule has 0 bridgehead atoms. The van der Waals surface area contributed by atoms with Crippen molar-refractivity contribution in [3.63, 3.8) is 0 Å². The molecule has 4 rings (SSSR count). The summed E-state index contributed by atoms with van der Waals surface area (Å²) >= 11 is 1.57. The van der Waals surface area contributed by atoms with Crippen molar-refractivity contribution in [2.24, 2.45) is 5.73 Å². The number of amides is 2. The van der Waals surface area contributed by atoms with Crippen LogP contribution in [0.3, 0.4) is 0 Å². The van der Waals surface area contributed by atoms with E-state index < -0.39 is 11.6 Å². The Morgan fingerprint density at radius 1 is 1.42 bits per heavy atom. The van der Waals surface area contributed by atoms with Crippen molar-refractivity contribution in [2.45, 2.75) is 49.8 Å². The third-order valence-corrected chi connectivity index (χ3v) is 6.73. The first-order chi connectivity index (χ1) is 12.5. The highest BCUT2D eigenvalue weighted by Gasteiger charge is 2.43. The number of hydrogen-bond acceptors (Lipinski definition) is 6. The lowest BCUT2D eigenvalue weighted by molar-refractivity contribution is -0.142. The van der Waals surface area contributed by atoms with E-state index >= 15 is 0 Å². The zero-order chi connectivity index (χ0) is 18.3. The third-order valence-electron chi connectivity index (χ3n) is 5.54. The number of nitrogens with zero attached hydrogens (tertiary/aromatic N) is 1. The van der Waals surface area contributed by atoms with E-state index in [9.17, 15) is 9.59 Å². The second kappa shape index (κ2) is 6.92. The number of piperidine rings is 1. The maximum absolute atomic E-state index is 12.4. The maximum Gasteiger partial charge on any atom is 0.261 e. The minimum absolute atomic E-state index is 0.0172. The van der Waals surface area contributed by atoms with Crippen LogP contribution in [0, 0.1) is 0 Å². The number of carbonyl (C=O) groups is 2. The minimum Gasteiger partial charge on any atom is -0.394 e. The molecule has 1 aliphatic carbocycles. The van der Waals surface area contributed by atoms with E-state index in [-0.39, 0.29) is 18.4 Å². The van der Waals surface area contributed by atoms with Crippen LogP contribution in [0.2, 0.25) is 0 Å². The van der Waals surface area contributed by atoms with Gasteiger partial charge in [-0.15, -0.1) is 11.3 Å². The summed E-state index contributed by atoms with van der Waals surface area (Å²) in [5.74, 6) is -0.197. The Morgan fingerprint density at radius 2 is 2.15 bits per heavy atom. The van der Waals surface area contributed by atoms with Gasteiger partial charge in [0.15, 0.2) is 0 Å². The highest BCUT2D eigenvalue weighted by Crippen LogP contribution is 2.44. The maximum atomic E-state index is 12.4. The molecular formula is C18H25N3O4S. The quantitative estimate of drug-likeness (QED) is 0.700. The molecule has 0 aromatic carbocycles. The molecule has 1 spiro atoms. The number of nitrogens with two attached hydrogens (primary N) is 1. The summed E-state index contributed by atoms with van der Waals surface area (Å²) in [5.41, 5.74) is 6.36. The lowest BCUT2D eigenvalue weighted by Gasteiger charge is -2.44. The predicted octanol–water partition coefficient (Wildman–Crippen LogP) is 0.350. The van der Waals surface area contributed by atoms with Gasteiger partial charge in [0.2, 0.25) is 5.91 Å². The molecule has 2 amide bonds. The first-order valence-corrected chi connectivity index (χ1v) is 10.1. The number of thiophene rings is 1. The standard InChI is InChI=1S/C18H25N3O4S/c19-13(10-22)17(24)21-6-4-18(5-7-21)12-9-15(16(23)20-11-1-2-11)26-14(12)3-8-25-18/h9,11,13,22H,1-8,10,19H2,(H,20,23)/t13-/m0/s1. The summed E-state index contributed by atoms with van der Waals surface area (Å²) in [7, 11) is 0. The number of aliphatic hydroxyl groups is 1. The van der Waals surface area contributed by atoms with E-state index in [4.69, 9.17) is 15.6 Å². The molecule has 3 aliphatic rings. The largest absolute Gasteiger partial charge is 0.394 e. The summed E-state index contributed by atoms with van der Waals surface area (Å²) in [4.78, 5) is 28.3. The summed E-state index contributed by atoms with van der Waals surface area (Å²) in [6, 6.07) is 1.48. The Balaban J connectivity index is 1.50. The average Bonchev–Trinajstić information content (AvgIpc) is 3.35. The Kier molecular flexibility index (Phi) is 4.77. The molecule has 26 heavy (non-hydrogen) atoms. The van der Waals surface area contributed by atoms with Gasteiger partial charge < -0.3 is 25.8 Å². The molecule has 3 heterocycles. The fourth-order valence-electron chi connectivity index (χ4n) is 3.83. The van der Waals surface area contributed by atoms with Gasteiger partial charge in [-0.2, -0.15) is 0 Å². The van der Waals surface area contributed by atoms with Gasteiger partial charge in [-0.25, -0.2) is 0 Å². The Morgan fingerprint density at radius 3 is 2.81 bits per heavy atom. The lowest BCUT2D eigenvalue weighted by Crippen LogP contribution is -2.52. The van der Waals surface area contributed by atoms with E-state index in [1.807, 2.05) is 6.07 Å². The average molecular weight is 379 g/mol. The van der Waals surface area contributed by atoms with Crippen molar-refractivity contribution < 1.29 is 19.4 Å². The number of nitrogens with one attached hydrogen (secondary N) is 1. The van der Waals surface area contributed by atoms with Gasteiger partial charge in [0.05, 0.1) is 23.7 Å². The van der Waals surface area contributed by atoms with E-state index in [0.29, 0.717) is 38.6 Å². The van der Waals surface area contributed by atoms with Crippen LogP contribution in [-0.4, -0.2) is 60.2 Å². The smallest absolute Gasteiger partial charge is 0.261 e. The molecule has 1 saturated heterocycles. The molecule has 0 unspecified atom stereocenters. The number of fused-ring (bicyclic) bond motifs is 2. The normalized spacial score (nSPS) is 22.8. The zero-order valence-electron chi connectivity index (χ0n) is 14.7. The molecule has 142 valence electrons. The number of hydrogen-bond donors (Lipinski definition) is 3. The molecule has 2 aliphatic heterocycles. The van der Waals surface area contributed by atoms with Gasteiger partial charge in [0.1, 0.15) is 6.04 Å². The summed E-state index contributed by atoms with van der Waals surface area (Å²) in [6.07, 6.45) is 4.35. The van der Waals surface area contributed by atoms with Crippen LogP contribution in [0.1, 0.15) is 45.8 Å². The van der Waals surface area contributed by atoms with Gasteiger partial charge in [-0.05, 0) is 37.3 Å². The fourth-order valence-corrected chi connectivity index (χ4v) is 4.96. The van der Waals surface area contributed by atoms with Crippen LogP contribution >= 0.6 is 11.3 Å². The first-order valence-electron chi connectivity index (χ1n) is 9.26. The number of ether oxygens (including phenoxy) is 1. The van der Waals surface area contributed by atoms with E-state index in [1.165, 1.54) is 4.88 Å². The molecule has 1 aromatic rings. The van der Waals surface area contributed by atoms with Crippen molar-refractivity contribution in [3.05, 3.63) is 21.4 Å². The summed E-state index contributed by atoms with van der Waals surface area (Å²) in [6.45, 7) is 1.39. The van der Waals surface area contributed by atoms with Crippen molar-refractivity contribution in [1.29, 1.82) is 0 Å². The number of likely N-dealkylation sites (tertiary alicyclic amines) is 1. The first kappa shape index (κ1) is 17.9. The summed E-state index contributed by atoms with van der Waals surface area (Å²) < 4.78 is 6.19. The van der Waals surface area contributed by atoms with Gasteiger partial charge in [-0.1, -0.05) is 0 Å². The number of carbonyl (C=O) groups excluding carboxylic acids is 2. The molecule has 1 atom stereocenters. The van der Waals surface area contributed by atoms with Gasteiger partial charge >= 0.3 is 0 Å². The molecule has 2 fully saturated rings. The molecule has 0 radical (unpaired) electrons. The molecule has 4 N–H and O–H groups in total. The van der Waals surface area contributed by atoms with E-state index in [1.54, 1.807) is 16.2 Å². The van der Waals surface area contributed by atoms with Crippen molar-refractivity contribution >= 4 is 23.2 Å². The van der Waals surface area contributed by atoms with E-state index in [0.717, 1.165) is 29.7 Å². The van der Waals surface area contributed by atoms with Crippen LogP contribution in [0.25, 0.3) is 0 Å². The van der Waals surface area contributed by atoms with Gasteiger partial charge in [0.25, 0.3) is 5.91 Å². The lowest BCUT2D eigenvalue weighted by atomic mass is 9.82. The van der Waals surface area contributed by atoms with Crippen molar-refractivity contribution in [2.75, 3.05) is 26.3 Å².